The third kappa shape index (κ3) is 3.17. The van der Waals surface area contributed by atoms with Crippen LogP contribution in [0.1, 0.15) is 24.2 Å². The standard InChI is InChI=1S/C11H14N2O4/c1-7(2)12-11(14)8-4-5-10(17-3)9(6-8)13(15)16/h4-7H,1-3H3,(H,12,14). The highest BCUT2D eigenvalue weighted by atomic mass is 16.6. The van der Waals surface area contributed by atoms with Crippen molar-refractivity contribution >= 4 is 11.6 Å². The van der Waals surface area contributed by atoms with Gasteiger partial charge in [0.25, 0.3) is 5.91 Å². The van der Waals surface area contributed by atoms with Crippen LogP contribution in [0.4, 0.5) is 5.69 Å². The van der Waals surface area contributed by atoms with Crippen LogP contribution in [0, 0.1) is 10.1 Å². The van der Waals surface area contributed by atoms with E-state index in [0.29, 0.717) is 0 Å². The Labute approximate surface area is 98.7 Å². The summed E-state index contributed by atoms with van der Waals surface area (Å²) in [5.41, 5.74) is 0.0232. The summed E-state index contributed by atoms with van der Waals surface area (Å²) in [4.78, 5) is 21.8. The Hall–Kier alpha value is -2.11. The van der Waals surface area contributed by atoms with E-state index in [-0.39, 0.29) is 28.9 Å². The summed E-state index contributed by atoms with van der Waals surface area (Å²) in [5, 5.41) is 13.4. The van der Waals surface area contributed by atoms with E-state index in [9.17, 15) is 14.9 Å². The molecule has 92 valence electrons. The molecule has 0 spiro atoms. The summed E-state index contributed by atoms with van der Waals surface area (Å²) in [7, 11) is 1.34. The number of nitrogens with one attached hydrogen (secondary N) is 1. The molecule has 1 amide bonds. The van der Waals surface area contributed by atoms with Crippen molar-refractivity contribution in [2.24, 2.45) is 0 Å². The molecule has 0 unspecified atom stereocenters. The summed E-state index contributed by atoms with van der Waals surface area (Å²) >= 11 is 0. The molecule has 0 aromatic heterocycles. The predicted octanol–water partition coefficient (Wildman–Crippen LogP) is 1.74. The van der Waals surface area contributed by atoms with Crippen LogP contribution in [0.5, 0.6) is 5.75 Å². The second-order valence-corrected chi connectivity index (χ2v) is 3.77. The number of carbonyl (C=O) groups is 1. The first-order chi connectivity index (χ1) is 7.95. The Morgan fingerprint density at radius 3 is 2.59 bits per heavy atom. The van der Waals surface area contributed by atoms with Gasteiger partial charge in [-0.2, -0.15) is 0 Å². The minimum atomic E-state index is -0.578. The van der Waals surface area contributed by atoms with E-state index in [1.165, 1.54) is 25.3 Å². The van der Waals surface area contributed by atoms with Gasteiger partial charge >= 0.3 is 5.69 Å². The van der Waals surface area contributed by atoms with Gasteiger partial charge in [0.2, 0.25) is 0 Å². The molecule has 0 saturated heterocycles. The van der Waals surface area contributed by atoms with Crippen molar-refractivity contribution in [3.8, 4) is 5.75 Å². The van der Waals surface area contributed by atoms with Crippen LogP contribution < -0.4 is 10.1 Å². The number of methoxy groups -OCH3 is 1. The molecule has 0 bridgehead atoms. The van der Waals surface area contributed by atoms with Crippen molar-refractivity contribution in [2.75, 3.05) is 7.11 Å². The molecule has 0 atom stereocenters. The molecule has 6 nitrogen and oxygen atoms in total. The topological polar surface area (TPSA) is 81.5 Å². The van der Waals surface area contributed by atoms with Crippen molar-refractivity contribution < 1.29 is 14.5 Å². The van der Waals surface area contributed by atoms with Crippen molar-refractivity contribution in [1.29, 1.82) is 0 Å². The lowest BCUT2D eigenvalue weighted by atomic mass is 10.1. The molecule has 0 heterocycles. The molecule has 17 heavy (non-hydrogen) atoms. The molecule has 0 radical (unpaired) electrons. The van der Waals surface area contributed by atoms with E-state index >= 15 is 0 Å². The molecule has 0 aliphatic carbocycles. The Kier molecular flexibility index (Phi) is 4.03. The molecule has 0 saturated carbocycles. The molecule has 6 heteroatoms. The largest absolute Gasteiger partial charge is 0.490 e. The Morgan fingerprint density at radius 2 is 2.12 bits per heavy atom. The lowest BCUT2D eigenvalue weighted by Gasteiger charge is -2.08. The smallest absolute Gasteiger partial charge is 0.311 e. The number of hydrogen-bond donors (Lipinski definition) is 1. The maximum Gasteiger partial charge on any atom is 0.311 e. The van der Waals surface area contributed by atoms with E-state index in [0.717, 1.165) is 0 Å². The van der Waals surface area contributed by atoms with Gasteiger partial charge in [-0.05, 0) is 26.0 Å². The SMILES string of the molecule is COc1ccc(C(=O)NC(C)C)cc1[N+](=O)[O-]. The highest BCUT2D eigenvalue weighted by Gasteiger charge is 2.18. The third-order valence-electron chi connectivity index (χ3n) is 2.06. The Balaban J connectivity index is 3.08. The second-order valence-electron chi connectivity index (χ2n) is 3.77. The van der Waals surface area contributed by atoms with Gasteiger partial charge in [0, 0.05) is 17.7 Å². The molecule has 1 aromatic rings. The van der Waals surface area contributed by atoms with Crippen LogP contribution in [0.3, 0.4) is 0 Å². The molecule has 1 N–H and O–H groups in total. The number of nitrogens with zero attached hydrogens (tertiary/aromatic N) is 1. The first-order valence-corrected chi connectivity index (χ1v) is 5.09. The number of nitro benzene ring substituents is 1. The zero-order valence-corrected chi connectivity index (χ0v) is 9.89. The van der Waals surface area contributed by atoms with E-state index in [1.54, 1.807) is 0 Å². The van der Waals surface area contributed by atoms with Crippen LogP contribution >= 0.6 is 0 Å². The molecule has 0 aliphatic heterocycles. The van der Waals surface area contributed by atoms with Crippen LogP contribution in [-0.2, 0) is 0 Å². The maximum atomic E-state index is 11.7. The highest BCUT2D eigenvalue weighted by Crippen LogP contribution is 2.27. The molecule has 1 rings (SSSR count). The molecule has 0 aliphatic rings. The van der Waals surface area contributed by atoms with Crippen LogP contribution in [0.2, 0.25) is 0 Å². The highest BCUT2D eigenvalue weighted by molar-refractivity contribution is 5.95. The number of amides is 1. The normalized spacial score (nSPS) is 10.1. The van der Waals surface area contributed by atoms with E-state index in [1.807, 2.05) is 13.8 Å². The fraction of sp³-hybridized carbons (Fsp3) is 0.364. The minimum absolute atomic E-state index is 0.0244. The second kappa shape index (κ2) is 5.29. The lowest BCUT2D eigenvalue weighted by Crippen LogP contribution is -2.30. The minimum Gasteiger partial charge on any atom is -0.490 e. The zero-order valence-electron chi connectivity index (χ0n) is 9.89. The number of hydrogen-bond acceptors (Lipinski definition) is 4. The van der Waals surface area contributed by atoms with E-state index in [4.69, 9.17) is 4.74 Å². The quantitative estimate of drug-likeness (QED) is 0.639. The average Bonchev–Trinajstić information content (AvgIpc) is 2.27. The summed E-state index contributed by atoms with van der Waals surface area (Å²) < 4.78 is 4.85. The number of nitro groups is 1. The van der Waals surface area contributed by atoms with Gasteiger partial charge in [0.05, 0.1) is 12.0 Å². The van der Waals surface area contributed by atoms with Crippen LogP contribution in [-0.4, -0.2) is 24.0 Å². The number of rotatable bonds is 4. The molecule has 0 fully saturated rings. The zero-order chi connectivity index (χ0) is 13.0. The summed E-state index contributed by atoms with van der Waals surface area (Å²) in [6.45, 7) is 3.63. The van der Waals surface area contributed by atoms with Crippen molar-refractivity contribution in [2.45, 2.75) is 19.9 Å². The first-order valence-electron chi connectivity index (χ1n) is 5.09. The Morgan fingerprint density at radius 1 is 1.47 bits per heavy atom. The molecular weight excluding hydrogens is 224 g/mol. The van der Waals surface area contributed by atoms with Gasteiger partial charge in [-0.3, -0.25) is 14.9 Å². The van der Waals surface area contributed by atoms with Crippen LogP contribution in [0.25, 0.3) is 0 Å². The Bertz CT molecular complexity index is 443. The predicted molar refractivity (Wildman–Crippen MR) is 62.3 cm³/mol. The maximum absolute atomic E-state index is 11.7. The lowest BCUT2D eigenvalue weighted by molar-refractivity contribution is -0.385. The molecular formula is C11H14N2O4. The van der Waals surface area contributed by atoms with Gasteiger partial charge in [0.1, 0.15) is 0 Å². The first kappa shape index (κ1) is 13.0. The molecule has 1 aromatic carbocycles. The fourth-order valence-electron chi connectivity index (χ4n) is 1.32. The fourth-order valence-corrected chi connectivity index (χ4v) is 1.32. The van der Waals surface area contributed by atoms with Crippen molar-refractivity contribution in [1.82, 2.24) is 5.32 Å². The van der Waals surface area contributed by atoms with Gasteiger partial charge in [0.15, 0.2) is 5.75 Å². The van der Waals surface area contributed by atoms with Gasteiger partial charge in [-0.15, -0.1) is 0 Å². The van der Waals surface area contributed by atoms with Crippen molar-refractivity contribution in [3.05, 3.63) is 33.9 Å². The van der Waals surface area contributed by atoms with E-state index in [2.05, 4.69) is 5.32 Å². The number of carbonyl (C=O) groups excluding carboxylic acids is 1. The monoisotopic (exact) mass is 238 g/mol. The van der Waals surface area contributed by atoms with E-state index < -0.39 is 4.92 Å². The van der Waals surface area contributed by atoms with Crippen molar-refractivity contribution in [3.63, 3.8) is 0 Å². The van der Waals surface area contributed by atoms with Gasteiger partial charge < -0.3 is 10.1 Å². The number of ether oxygens (including phenoxy) is 1. The van der Waals surface area contributed by atoms with Gasteiger partial charge in [-0.25, -0.2) is 0 Å². The van der Waals surface area contributed by atoms with Gasteiger partial charge in [-0.1, -0.05) is 0 Å². The number of benzene rings is 1. The third-order valence-corrected chi connectivity index (χ3v) is 2.06. The van der Waals surface area contributed by atoms with Crippen LogP contribution in [0.15, 0.2) is 18.2 Å². The average molecular weight is 238 g/mol. The summed E-state index contributed by atoms with van der Waals surface area (Å²) in [5.74, 6) is -0.207. The summed E-state index contributed by atoms with van der Waals surface area (Å²) in [6.07, 6.45) is 0. The summed E-state index contributed by atoms with van der Waals surface area (Å²) in [6, 6.07) is 4.08.